The lowest BCUT2D eigenvalue weighted by Crippen LogP contribution is -2.30. The van der Waals surface area contributed by atoms with Crippen molar-refractivity contribution in [2.75, 3.05) is 13.2 Å². The maximum absolute atomic E-state index is 6.18. The summed E-state index contributed by atoms with van der Waals surface area (Å²) in [6, 6.07) is 0. The van der Waals surface area contributed by atoms with Crippen LogP contribution >= 0.6 is 0 Å². The third-order valence-corrected chi connectivity index (χ3v) is 5.78. The number of allylic oxidation sites excluding steroid dienone is 2. The number of unbranched alkanes of at least 4 members (excludes halogenated alkanes) is 4. The molecule has 0 spiro atoms. The molecule has 0 saturated carbocycles. The smallest absolute Gasteiger partial charge is 0.174 e. The van der Waals surface area contributed by atoms with Crippen molar-refractivity contribution in [1.82, 2.24) is 20.6 Å². The van der Waals surface area contributed by atoms with E-state index in [0.717, 1.165) is 44.7 Å². The minimum Gasteiger partial charge on any atom is -0.381 e. The number of fused-ring (bicyclic) bond motifs is 2. The predicted octanol–water partition coefficient (Wildman–Crippen LogP) is 3.86. The molecule has 0 unspecified atom stereocenters. The van der Waals surface area contributed by atoms with E-state index < -0.39 is 0 Å². The first kappa shape index (κ1) is 19.5. The van der Waals surface area contributed by atoms with Crippen molar-refractivity contribution in [2.45, 2.75) is 83.3 Å². The van der Waals surface area contributed by atoms with Crippen LogP contribution in [-0.2, 0) is 15.9 Å². The molecule has 2 fully saturated rings. The van der Waals surface area contributed by atoms with Gasteiger partial charge in [-0.1, -0.05) is 43.6 Å². The van der Waals surface area contributed by atoms with E-state index in [1.54, 1.807) is 0 Å². The average molecular weight is 363 g/mol. The van der Waals surface area contributed by atoms with E-state index >= 15 is 0 Å². The molecular weight excluding hydrogens is 328 g/mol. The van der Waals surface area contributed by atoms with E-state index in [1.165, 1.54) is 38.5 Å². The molecule has 3 heterocycles. The van der Waals surface area contributed by atoms with Crippen molar-refractivity contribution in [3.05, 3.63) is 18.0 Å². The third-order valence-electron chi connectivity index (χ3n) is 5.78. The van der Waals surface area contributed by atoms with Gasteiger partial charge in [0.25, 0.3) is 0 Å². The number of aromatic amines is 1. The summed E-state index contributed by atoms with van der Waals surface area (Å²) in [5, 5.41) is 14.0. The molecule has 4 atom stereocenters. The van der Waals surface area contributed by atoms with Crippen LogP contribution in [0.1, 0.15) is 70.5 Å². The molecule has 2 bridgehead atoms. The minimum atomic E-state index is 0.437. The zero-order valence-corrected chi connectivity index (χ0v) is 16.1. The molecule has 6 heteroatoms. The lowest BCUT2D eigenvalue weighted by atomic mass is 9.78. The molecule has 0 aliphatic carbocycles. The van der Waals surface area contributed by atoms with Crippen LogP contribution in [0.2, 0.25) is 0 Å². The van der Waals surface area contributed by atoms with Crippen LogP contribution in [0.3, 0.4) is 0 Å². The maximum Gasteiger partial charge on any atom is 0.174 e. The Labute approximate surface area is 157 Å². The average Bonchev–Trinajstić information content (AvgIpc) is 3.39. The molecule has 2 aliphatic heterocycles. The van der Waals surface area contributed by atoms with Crippen molar-refractivity contribution >= 4 is 0 Å². The molecule has 0 radical (unpaired) electrons. The van der Waals surface area contributed by atoms with Crippen molar-refractivity contribution in [3.8, 4) is 0 Å². The number of nitrogens with one attached hydrogen (secondary N) is 1. The molecule has 1 aromatic heterocycles. The number of nitrogens with zero attached hydrogens (tertiary/aromatic N) is 3. The number of hydrogen-bond acceptors (Lipinski definition) is 5. The summed E-state index contributed by atoms with van der Waals surface area (Å²) >= 11 is 0. The highest BCUT2D eigenvalue weighted by Crippen LogP contribution is 2.45. The molecule has 146 valence electrons. The van der Waals surface area contributed by atoms with Gasteiger partial charge >= 0.3 is 0 Å². The van der Waals surface area contributed by atoms with Gasteiger partial charge in [-0.15, -0.1) is 10.2 Å². The predicted molar refractivity (Wildman–Crippen MR) is 101 cm³/mol. The number of H-pyrrole nitrogens is 1. The van der Waals surface area contributed by atoms with Gasteiger partial charge < -0.3 is 9.47 Å². The van der Waals surface area contributed by atoms with E-state index in [2.05, 4.69) is 39.7 Å². The largest absolute Gasteiger partial charge is 0.381 e. The van der Waals surface area contributed by atoms with Crippen LogP contribution < -0.4 is 0 Å². The van der Waals surface area contributed by atoms with E-state index in [0.29, 0.717) is 24.0 Å². The van der Waals surface area contributed by atoms with Crippen molar-refractivity contribution < 1.29 is 9.47 Å². The molecule has 3 rings (SSSR count). The standard InChI is InChI=1S/C20H34N4O2/c1-2-3-4-9-14-25-15-17-16(18-12-13-19(17)26-18)10-7-5-6-8-11-20-21-23-24-22-20/h5,7,16-19H,2-4,6,8-15H2,1H3,(H,21,22,23,24)/t16-,17+,18-,19+/m0/s1. The first-order valence-electron chi connectivity index (χ1n) is 10.5. The molecule has 2 saturated heterocycles. The summed E-state index contributed by atoms with van der Waals surface area (Å²) in [5.41, 5.74) is 0. The van der Waals surface area contributed by atoms with E-state index in [4.69, 9.17) is 9.47 Å². The number of ether oxygens (including phenoxy) is 2. The van der Waals surface area contributed by atoms with Gasteiger partial charge in [0, 0.05) is 18.9 Å². The van der Waals surface area contributed by atoms with Gasteiger partial charge in [-0.05, 0) is 44.4 Å². The van der Waals surface area contributed by atoms with Crippen molar-refractivity contribution in [1.29, 1.82) is 0 Å². The fourth-order valence-electron chi connectivity index (χ4n) is 4.32. The Bertz CT molecular complexity index is 520. The number of tetrazole rings is 1. The summed E-state index contributed by atoms with van der Waals surface area (Å²) in [6.07, 6.45) is 17.2. The fraction of sp³-hybridized carbons (Fsp3) is 0.850. The monoisotopic (exact) mass is 362 g/mol. The molecule has 2 aliphatic rings. The van der Waals surface area contributed by atoms with Gasteiger partial charge in [0.05, 0.1) is 18.8 Å². The zero-order valence-electron chi connectivity index (χ0n) is 16.1. The quantitative estimate of drug-likeness (QED) is 0.426. The molecular formula is C20H34N4O2. The van der Waals surface area contributed by atoms with Gasteiger partial charge in [0.1, 0.15) is 0 Å². The second kappa shape index (κ2) is 10.8. The fourth-order valence-corrected chi connectivity index (χ4v) is 4.32. The van der Waals surface area contributed by atoms with E-state index in [1.807, 2.05) is 0 Å². The van der Waals surface area contributed by atoms with E-state index in [-0.39, 0.29) is 0 Å². The second-order valence-corrected chi connectivity index (χ2v) is 7.68. The number of aromatic nitrogens is 4. The highest BCUT2D eigenvalue weighted by molar-refractivity contribution is 4.99. The van der Waals surface area contributed by atoms with E-state index in [9.17, 15) is 0 Å². The Hall–Kier alpha value is -1.27. The number of hydrogen-bond donors (Lipinski definition) is 1. The Morgan fingerprint density at radius 3 is 2.81 bits per heavy atom. The van der Waals surface area contributed by atoms with Crippen LogP contribution in [0.4, 0.5) is 0 Å². The van der Waals surface area contributed by atoms with Gasteiger partial charge in [0.2, 0.25) is 0 Å². The van der Waals surface area contributed by atoms with Crippen LogP contribution in [-0.4, -0.2) is 46.0 Å². The first-order valence-corrected chi connectivity index (χ1v) is 10.5. The second-order valence-electron chi connectivity index (χ2n) is 7.68. The first-order chi connectivity index (χ1) is 12.9. The van der Waals surface area contributed by atoms with Gasteiger partial charge in [-0.2, -0.15) is 5.21 Å². The van der Waals surface area contributed by atoms with Crippen molar-refractivity contribution in [3.63, 3.8) is 0 Å². The Balaban J connectivity index is 1.33. The Morgan fingerprint density at radius 2 is 2.00 bits per heavy atom. The zero-order chi connectivity index (χ0) is 18.0. The Morgan fingerprint density at radius 1 is 1.12 bits per heavy atom. The molecule has 0 amide bonds. The van der Waals surface area contributed by atoms with Gasteiger partial charge in [-0.25, -0.2) is 0 Å². The van der Waals surface area contributed by atoms with Crippen LogP contribution in [0.25, 0.3) is 0 Å². The third kappa shape index (κ3) is 5.61. The highest BCUT2D eigenvalue weighted by atomic mass is 16.5. The lowest BCUT2D eigenvalue weighted by Gasteiger charge is -2.27. The molecule has 1 N–H and O–H groups in total. The number of aryl methyl sites for hydroxylation is 1. The molecule has 1 aromatic rings. The molecule has 0 aromatic carbocycles. The maximum atomic E-state index is 6.18. The number of rotatable bonds is 13. The molecule has 6 nitrogen and oxygen atoms in total. The minimum absolute atomic E-state index is 0.437. The SMILES string of the molecule is CCCCCCOC[C@@H]1[C@H](CC=CCCCc2nn[nH]n2)[C@@H]2CC[C@H]1O2. The Kier molecular flexibility index (Phi) is 8.08. The summed E-state index contributed by atoms with van der Waals surface area (Å²) in [6.45, 7) is 4.03. The van der Waals surface area contributed by atoms with Gasteiger partial charge in [-0.3, -0.25) is 0 Å². The van der Waals surface area contributed by atoms with Crippen LogP contribution in [0.15, 0.2) is 12.2 Å². The van der Waals surface area contributed by atoms with Crippen LogP contribution in [0, 0.1) is 11.8 Å². The normalized spacial score (nSPS) is 27.7. The topological polar surface area (TPSA) is 72.9 Å². The summed E-state index contributed by atoms with van der Waals surface area (Å²) < 4.78 is 12.2. The summed E-state index contributed by atoms with van der Waals surface area (Å²) in [4.78, 5) is 0. The highest BCUT2D eigenvalue weighted by Gasteiger charge is 2.48. The van der Waals surface area contributed by atoms with Gasteiger partial charge in [0.15, 0.2) is 5.82 Å². The van der Waals surface area contributed by atoms with Crippen LogP contribution in [0.5, 0.6) is 0 Å². The summed E-state index contributed by atoms with van der Waals surface area (Å²) in [7, 11) is 0. The summed E-state index contributed by atoms with van der Waals surface area (Å²) in [5.74, 6) is 2.03. The van der Waals surface area contributed by atoms with Crippen molar-refractivity contribution in [2.24, 2.45) is 11.8 Å². The lowest BCUT2D eigenvalue weighted by molar-refractivity contribution is 0.0478. The molecule has 26 heavy (non-hydrogen) atoms.